The molecule has 5 aromatic rings. The minimum Gasteiger partial charge on any atom is -0.481 e. The van der Waals surface area contributed by atoms with Crippen molar-refractivity contribution in [2.75, 3.05) is 45.4 Å². The molecule has 1 aliphatic heterocycles. The Labute approximate surface area is 359 Å². The normalized spacial score (nSPS) is 14.9. The van der Waals surface area contributed by atoms with Gasteiger partial charge in [0.1, 0.15) is 12.1 Å². The summed E-state index contributed by atoms with van der Waals surface area (Å²) in [7, 11) is 0. The van der Waals surface area contributed by atoms with Crippen LogP contribution >= 0.6 is 0 Å². The SMILES string of the molecule is [2H]c1c([2H])c(C(=O)N[C@@H](CCC(=O)N2c3c(nc(N)[nH]c3=O)NC[C@@H]2CNc2ccc(C(=O)N[C@@H](CCC(=O)O)C(=O)O)cc2)C(=O)O)c([2H])c([2H])c1NCc1cnc2nc(N)[nH]c(=O)c2n1. The molecule has 25 nitrogen and oxygen atoms in total. The number of nitrogens with two attached hydrogens (primary N) is 2. The molecule has 2 aromatic carbocycles. The largest absolute Gasteiger partial charge is 0.481 e. The van der Waals surface area contributed by atoms with Crippen molar-refractivity contribution < 1.29 is 49.6 Å². The van der Waals surface area contributed by atoms with Crippen LogP contribution in [0.2, 0.25) is 0 Å². The van der Waals surface area contributed by atoms with Gasteiger partial charge in [0.2, 0.25) is 17.8 Å². The number of aromatic amines is 2. The Balaban J connectivity index is 1.14. The number of nitrogens with one attached hydrogen (secondary N) is 7. The number of hydrogen-bond donors (Lipinski definition) is 12. The van der Waals surface area contributed by atoms with Crippen LogP contribution in [0.5, 0.6) is 0 Å². The highest BCUT2D eigenvalue weighted by atomic mass is 16.4. The summed E-state index contributed by atoms with van der Waals surface area (Å²) < 4.78 is 34.0. The highest BCUT2D eigenvalue weighted by Crippen LogP contribution is 2.28. The average Bonchev–Trinajstić information content (AvgIpc) is 3.27. The Morgan fingerprint density at radius 3 is 2.06 bits per heavy atom. The molecular weight excluding hydrogens is 829 g/mol. The molecule has 3 atom stereocenters. The van der Waals surface area contributed by atoms with Crippen LogP contribution in [0.1, 0.15) is 57.6 Å². The highest BCUT2D eigenvalue weighted by Gasteiger charge is 2.35. The van der Waals surface area contributed by atoms with Gasteiger partial charge < -0.3 is 53.4 Å². The van der Waals surface area contributed by atoms with Gasteiger partial charge in [0, 0.05) is 48.4 Å². The number of aliphatic carboxylic acids is 3. The molecule has 3 amide bonds. The number of rotatable bonds is 18. The number of carbonyl (C=O) groups excluding carboxylic acids is 3. The van der Waals surface area contributed by atoms with E-state index in [9.17, 15) is 48.6 Å². The third-order valence-corrected chi connectivity index (χ3v) is 9.27. The van der Waals surface area contributed by atoms with E-state index in [0.29, 0.717) is 5.69 Å². The molecule has 3 aromatic heterocycles. The van der Waals surface area contributed by atoms with Gasteiger partial charge in [-0.25, -0.2) is 19.6 Å². The lowest BCUT2D eigenvalue weighted by Gasteiger charge is -2.37. The fourth-order valence-electron chi connectivity index (χ4n) is 6.18. The summed E-state index contributed by atoms with van der Waals surface area (Å²) in [5.74, 6) is -7.65. The van der Waals surface area contributed by atoms with E-state index >= 15 is 0 Å². The Hall–Kier alpha value is -8.64. The zero-order valence-electron chi connectivity index (χ0n) is 36.6. The zero-order chi connectivity index (χ0) is 48.9. The summed E-state index contributed by atoms with van der Waals surface area (Å²) in [5.41, 5.74) is 8.76. The van der Waals surface area contributed by atoms with Gasteiger partial charge in [-0.2, -0.15) is 9.97 Å². The molecule has 1 aliphatic rings. The summed E-state index contributed by atoms with van der Waals surface area (Å²) in [4.78, 5) is 122. The van der Waals surface area contributed by atoms with Crippen molar-refractivity contribution in [2.45, 2.75) is 50.4 Å². The molecule has 0 bridgehead atoms. The second-order valence-electron chi connectivity index (χ2n) is 13.7. The number of carboxylic acid groups (broad SMARTS) is 3. The van der Waals surface area contributed by atoms with E-state index in [1.165, 1.54) is 30.5 Å². The fourth-order valence-corrected chi connectivity index (χ4v) is 6.18. The number of anilines is 6. The summed E-state index contributed by atoms with van der Waals surface area (Å²) in [5, 5.41) is 41.5. The van der Waals surface area contributed by atoms with E-state index in [2.05, 4.69) is 56.5 Å². The molecule has 0 saturated carbocycles. The number of carbonyl (C=O) groups is 6. The van der Waals surface area contributed by atoms with Gasteiger partial charge >= 0.3 is 17.9 Å². The van der Waals surface area contributed by atoms with E-state index in [1.807, 2.05) is 0 Å². The third kappa shape index (κ3) is 11.0. The molecule has 4 heterocycles. The van der Waals surface area contributed by atoms with E-state index in [1.54, 1.807) is 0 Å². The molecule has 0 fully saturated rings. The number of aromatic nitrogens is 6. The van der Waals surface area contributed by atoms with Crippen molar-refractivity contribution in [1.82, 2.24) is 40.5 Å². The van der Waals surface area contributed by atoms with Crippen LogP contribution in [-0.4, -0.2) is 112 Å². The van der Waals surface area contributed by atoms with Crippen LogP contribution in [0.4, 0.5) is 34.8 Å². The average molecular weight is 873 g/mol. The summed E-state index contributed by atoms with van der Waals surface area (Å²) in [6.07, 6.45) is -0.775. The van der Waals surface area contributed by atoms with Crippen LogP contribution in [-0.2, 0) is 25.7 Å². The minimum atomic E-state index is -1.82. The maximum atomic E-state index is 14.0. The second-order valence-corrected chi connectivity index (χ2v) is 13.7. The van der Waals surface area contributed by atoms with Crippen LogP contribution < -0.4 is 54.1 Å². The molecule has 0 spiro atoms. The van der Waals surface area contributed by atoms with E-state index in [-0.39, 0.29) is 77.6 Å². The van der Waals surface area contributed by atoms with Gasteiger partial charge in [-0.05, 0) is 61.3 Å². The highest BCUT2D eigenvalue weighted by molar-refractivity contribution is 5.99. The van der Waals surface area contributed by atoms with Crippen LogP contribution in [0.25, 0.3) is 11.2 Å². The number of nitrogen functional groups attached to an aromatic ring is 2. The van der Waals surface area contributed by atoms with Crippen molar-refractivity contribution in [3.63, 3.8) is 0 Å². The number of benzene rings is 2. The van der Waals surface area contributed by atoms with Gasteiger partial charge in [-0.3, -0.25) is 43.6 Å². The second kappa shape index (κ2) is 19.2. The predicted octanol–water partition coefficient (Wildman–Crippen LogP) is -0.477. The van der Waals surface area contributed by atoms with E-state index in [0.717, 1.165) is 4.90 Å². The number of fused-ring (bicyclic) bond motifs is 2. The number of hydrogen-bond acceptors (Lipinski definition) is 17. The monoisotopic (exact) mass is 872 g/mol. The lowest BCUT2D eigenvalue weighted by atomic mass is 10.1. The van der Waals surface area contributed by atoms with Gasteiger partial charge in [0.05, 0.1) is 30.0 Å². The van der Waals surface area contributed by atoms with Crippen molar-refractivity contribution >= 4 is 81.6 Å². The van der Waals surface area contributed by atoms with Crippen LogP contribution in [0.15, 0.2) is 64.2 Å². The molecule has 328 valence electrons. The van der Waals surface area contributed by atoms with Crippen molar-refractivity contribution in [2.24, 2.45) is 0 Å². The number of nitrogens with zero attached hydrogens (tertiary/aromatic N) is 5. The maximum absolute atomic E-state index is 14.0. The first-order valence-corrected chi connectivity index (χ1v) is 18.7. The number of amides is 3. The molecule has 0 unspecified atom stereocenters. The first-order valence-electron chi connectivity index (χ1n) is 20.7. The molecule has 25 heteroatoms. The molecule has 14 N–H and O–H groups in total. The van der Waals surface area contributed by atoms with Gasteiger partial charge in [-0.1, -0.05) is 0 Å². The Morgan fingerprint density at radius 2 is 1.41 bits per heavy atom. The topological polar surface area (TPSA) is 396 Å². The first-order chi connectivity index (χ1) is 31.7. The zero-order valence-corrected chi connectivity index (χ0v) is 32.6. The van der Waals surface area contributed by atoms with Gasteiger partial charge in [-0.15, -0.1) is 0 Å². The molecule has 63 heavy (non-hydrogen) atoms. The van der Waals surface area contributed by atoms with Crippen molar-refractivity contribution in [3.05, 3.63) is 92.2 Å². The summed E-state index contributed by atoms with van der Waals surface area (Å²) in [6.45, 7) is -0.316. The molecule has 0 saturated heterocycles. The van der Waals surface area contributed by atoms with Gasteiger partial charge in [0.15, 0.2) is 22.7 Å². The fraction of sp³-hybridized carbons (Fsp3) is 0.263. The van der Waals surface area contributed by atoms with E-state index < -0.39 is 114 Å². The maximum Gasteiger partial charge on any atom is 0.326 e. The Kier molecular flexibility index (Phi) is 11.7. The third-order valence-electron chi connectivity index (χ3n) is 9.27. The molecular formula is C38H40N14O11. The summed E-state index contributed by atoms with van der Waals surface area (Å²) in [6, 6.07) is -1.55. The number of H-pyrrole nitrogens is 2. The van der Waals surface area contributed by atoms with E-state index in [4.69, 9.17) is 22.1 Å². The Bertz CT molecular complexity index is 2910. The number of carboxylic acids is 3. The minimum absolute atomic E-state index is 0.00896. The summed E-state index contributed by atoms with van der Waals surface area (Å²) >= 11 is 0. The molecule has 6 rings (SSSR count). The van der Waals surface area contributed by atoms with Crippen molar-refractivity contribution in [3.8, 4) is 0 Å². The standard InChI is InChI=1S/C38H40N14O11/c39-37-48-29-27(33(58)50-37)45-21(14-43-29)13-41-19-5-1-17(2-6-19)31(56)46-23(35(60)61)9-11-25(53)52-22(16-44-30-28(52)34(59)51-38(40)49-30)15-42-20-7-3-18(4-8-20)32(57)47-24(36(62)63)10-12-26(54)55/h1-8,14,22-24,41-42H,9-13,15-16H2,(H,46,56)(H,47,57)(H,54,55)(H,60,61)(H,62,63)(H3,39,43,48,50,58)(H4,40,44,49,51,59)/t22-,23-,24-/m0/s1/i1D,2D,5D,6D. The lowest BCUT2D eigenvalue weighted by molar-refractivity contribution is -0.141. The lowest BCUT2D eigenvalue weighted by Crippen LogP contribution is -2.53. The first kappa shape index (κ1) is 38.6. The van der Waals surface area contributed by atoms with Crippen LogP contribution in [0.3, 0.4) is 0 Å². The van der Waals surface area contributed by atoms with Crippen LogP contribution in [0, 0.1) is 0 Å². The molecule has 0 radical (unpaired) electrons. The quantitative estimate of drug-likeness (QED) is 0.0529. The smallest absolute Gasteiger partial charge is 0.326 e. The molecule has 0 aliphatic carbocycles. The van der Waals surface area contributed by atoms with Crippen molar-refractivity contribution in [1.29, 1.82) is 0 Å². The Morgan fingerprint density at radius 1 is 0.794 bits per heavy atom. The van der Waals surface area contributed by atoms with Gasteiger partial charge in [0.25, 0.3) is 22.9 Å². The predicted molar refractivity (Wildman–Crippen MR) is 224 cm³/mol.